The molecular weight excluding hydrogens is 182 g/mol. The number of rotatable bonds is 5. The molecule has 0 saturated carbocycles. The minimum absolute atomic E-state index is 0. The van der Waals surface area contributed by atoms with Crippen molar-refractivity contribution in [3.05, 3.63) is 0 Å². The molecule has 0 aliphatic heterocycles. The average Bonchev–Trinajstić information content (AvgIpc) is 1.81. The van der Waals surface area contributed by atoms with E-state index in [-0.39, 0.29) is 24.8 Å². The second-order valence-electron chi connectivity index (χ2n) is 2.20. The van der Waals surface area contributed by atoms with Crippen LogP contribution >= 0.6 is 24.8 Å². The monoisotopic (exact) mass is 198 g/mol. The highest BCUT2D eigenvalue weighted by Crippen LogP contribution is 2.02. The van der Waals surface area contributed by atoms with Crippen LogP contribution < -0.4 is 0 Å². The Morgan fingerprint density at radius 3 is 1.80 bits per heavy atom. The van der Waals surface area contributed by atoms with Gasteiger partial charge in [0.15, 0.2) is 0 Å². The lowest BCUT2D eigenvalue weighted by atomic mass is 10.2. The van der Waals surface area contributed by atoms with E-state index >= 15 is 0 Å². The summed E-state index contributed by atoms with van der Waals surface area (Å²) in [6.45, 7) is 2.25. The summed E-state index contributed by atoms with van der Waals surface area (Å²) in [5.74, 6) is 0. The van der Waals surface area contributed by atoms with Gasteiger partial charge in [-0.1, -0.05) is 39.0 Å². The Balaban J connectivity index is -0.000000245. The third-order valence-electron chi connectivity index (χ3n) is 1.31. The number of halogens is 2. The van der Waals surface area contributed by atoms with Crippen LogP contribution in [0.3, 0.4) is 0 Å². The molecule has 0 aliphatic rings. The van der Waals surface area contributed by atoms with E-state index in [0.717, 1.165) is 0 Å². The van der Waals surface area contributed by atoms with Gasteiger partial charge in [-0.05, 0) is 0 Å². The first-order valence-corrected chi connectivity index (χ1v) is 4.43. The third-order valence-corrected chi connectivity index (χ3v) is 1.72. The molecule has 62 valence electrons. The predicted octanol–water partition coefficient (Wildman–Crippen LogP) is 3.39. The fourth-order valence-electron chi connectivity index (χ4n) is 0.748. The minimum atomic E-state index is 0. The van der Waals surface area contributed by atoms with Gasteiger partial charge in [-0.15, -0.1) is 30.1 Å². The topological polar surface area (TPSA) is 0 Å². The van der Waals surface area contributed by atoms with E-state index in [1.54, 1.807) is 0 Å². The van der Waals surface area contributed by atoms with Gasteiger partial charge in [0, 0.05) is 0 Å². The highest BCUT2D eigenvalue weighted by atomic mass is 35.5. The van der Waals surface area contributed by atoms with Gasteiger partial charge in [-0.25, -0.2) is 0 Å². The molecule has 0 amide bonds. The summed E-state index contributed by atoms with van der Waals surface area (Å²) in [6.07, 6.45) is 7.04. The molecule has 0 nitrogen and oxygen atoms in total. The molecule has 0 aliphatic carbocycles. The Labute approximate surface area is 85.4 Å². The Kier molecular flexibility index (Phi) is 28.7. The van der Waals surface area contributed by atoms with Crippen molar-refractivity contribution in [1.29, 1.82) is 0 Å². The SMILES string of the molecule is CCCCCC[CH2][Al].Cl.Cl. The average molecular weight is 199 g/mol. The standard InChI is InChI=1S/C7H15.Al.2ClH/c1-3-5-7-6-4-2;;;/h1,3-7H2,2H3;;2*1H. The Morgan fingerprint density at radius 2 is 1.40 bits per heavy atom. The smallest absolute Gasteiger partial charge is 0.118 e. The maximum Gasteiger partial charge on any atom is 0.118 e. The summed E-state index contributed by atoms with van der Waals surface area (Å²) in [4.78, 5) is 0. The van der Waals surface area contributed by atoms with Gasteiger partial charge in [0.1, 0.15) is 16.3 Å². The van der Waals surface area contributed by atoms with Gasteiger partial charge in [0.25, 0.3) is 0 Å². The number of unbranched alkanes of at least 4 members (excludes halogenated alkanes) is 4. The first-order valence-electron chi connectivity index (χ1n) is 3.62. The molecular formula is C7H17AlCl2. The lowest BCUT2D eigenvalue weighted by Gasteiger charge is -1.94. The fraction of sp³-hybridized carbons (Fsp3) is 1.00. The van der Waals surface area contributed by atoms with Crippen molar-refractivity contribution in [3.8, 4) is 0 Å². The molecule has 0 N–H and O–H groups in total. The molecule has 3 heteroatoms. The van der Waals surface area contributed by atoms with E-state index < -0.39 is 0 Å². The summed E-state index contributed by atoms with van der Waals surface area (Å²) >= 11 is 2.77. The molecule has 0 saturated heterocycles. The molecule has 10 heavy (non-hydrogen) atoms. The van der Waals surface area contributed by atoms with Gasteiger partial charge in [-0.2, -0.15) is 0 Å². The van der Waals surface area contributed by atoms with Crippen LogP contribution in [0.2, 0.25) is 5.28 Å². The summed E-state index contributed by atoms with van der Waals surface area (Å²) in [6, 6.07) is 0. The summed E-state index contributed by atoms with van der Waals surface area (Å²) in [5, 5.41) is 1.28. The molecule has 0 heterocycles. The van der Waals surface area contributed by atoms with Gasteiger partial charge >= 0.3 is 0 Å². The first kappa shape index (κ1) is 17.3. The fourth-order valence-corrected chi connectivity index (χ4v) is 1.04. The second kappa shape index (κ2) is 16.6. The normalized spacial score (nSPS) is 7.70. The van der Waals surface area contributed by atoms with Crippen LogP contribution in [-0.2, 0) is 0 Å². The van der Waals surface area contributed by atoms with Crippen molar-refractivity contribution < 1.29 is 0 Å². The Morgan fingerprint density at radius 1 is 0.900 bits per heavy atom. The van der Waals surface area contributed by atoms with Crippen molar-refractivity contribution in [3.63, 3.8) is 0 Å². The van der Waals surface area contributed by atoms with E-state index in [1.807, 2.05) is 0 Å². The zero-order valence-electron chi connectivity index (χ0n) is 6.64. The highest BCUT2D eigenvalue weighted by molar-refractivity contribution is 6.08. The van der Waals surface area contributed by atoms with Crippen LogP contribution in [0, 0.1) is 0 Å². The zero-order valence-corrected chi connectivity index (χ0v) is 9.42. The van der Waals surface area contributed by atoms with Crippen molar-refractivity contribution >= 4 is 41.1 Å². The van der Waals surface area contributed by atoms with Crippen LogP contribution in [0.4, 0.5) is 0 Å². The lowest BCUT2D eigenvalue weighted by molar-refractivity contribution is 0.656. The van der Waals surface area contributed by atoms with E-state index in [9.17, 15) is 0 Å². The van der Waals surface area contributed by atoms with Gasteiger partial charge in [-0.3, -0.25) is 0 Å². The highest BCUT2D eigenvalue weighted by Gasteiger charge is 1.83. The third kappa shape index (κ3) is 16.1. The van der Waals surface area contributed by atoms with Crippen LogP contribution in [0.15, 0.2) is 0 Å². The van der Waals surface area contributed by atoms with Crippen molar-refractivity contribution in [2.24, 2.45) is 0 Å². The molecule has 2 radical (unpaired) electrons. The molecule has 0 spiro atoms. The van der Waals surface area contributed by atoms with E-state index in [0.29, 0.717) is 0 Å². The second-order valence-corrected chi connectivity index (χ2v) is 2.78. The maximum absolute atomic E-state index is 2.77. The first-order chi connectivity index (χ1) is 3.91. The molecule has 0 bridgehead atoms. The summed E-state index contributed by atoms with van der Waals surface area (Å²) < 4.78 is 0. The molecule has 0 fully saturated rings. The van der Waals surface area contributed by atoms with Crippen molar-refractivity contribution in [1.82, 2.24) is 0 Å². The summed E-state index contributed by atoms with van der Waals surface area (Å²) in [5.41, 5.74) is 0. The van der Waals surface area contributed by atoms with E-state index in [4.69, 9.17) is 0 Å². The maximum atomic E-state index is 2.77. The number of hydrogen-bond acceptors (Lipinski definition) is 0. The molecule has 0 unspecified atom stereocenters. The quantitative estimate of drug-likeness (QED) is 0.470. The van der Waals surface area contributed by atoms with Crippen LogP contribution in [-0.4, -0.2) is 16.3 Å². The van der Waals surface area contributed by atoms with E-state index in [1.165, 1.54) is 37.4 Å². The lowest BCUT2D eigenvalue weighted by Crippen LogP contribution is -1.75. The Bertz CT molecular complexity index is 36.6. The molecule has 0 rings (SSSR count). The van der Waals surface area contributed by atoms with Gasteiger partial charge in [0.2, 0.25) is 0 Å². The van der Waals surface area contributed by atoms with Crippen LogP contribution in [0.1, 0.15) is 39.0 Å². The van der Waals surface area contributed by atoms with Gasteiger partial charge < -0.3 is 0 Å². The van der Waals surface area contributed by atoms with E-state index in [2.05, 4.69) is 23.2 Å². The Hall–Kier alpha value is 1.11. The number of hydrogen-bond donors (Lipinski definition) is 0. The summed E-state index contributed by atoms with van der Waals surface area (Å²) in [7, 11) is 0. The molecule has 0 aromatic heterocycles. The molecule has 0 aromatic rings. The van der Waals surface area contributed by atoms with Crippen LogP contribution in [0.25, 0.3) is 0 Å². The zero-order chi connectivity index (χ0) is 6.24. The van der Waals surface area contributed by atoms with Crippen molar-refractivity contribution in [2.45, 2.75) is 44.3 Å². The minimum Gasteiger partial charge on any atom is -0.147 e. The molecule has 0 atom stereocenters. The van der Waals surface area contributed by atoms with Gasteiger partial charge in [0.05, 0.1) is 0 Å². The largest absolute Gasteiger partial charge is 0.147 e. The van der Waals surface area contributed by atoms with Crippen LogP contribution in [0.5, 0.6) is 0 Å². The molecule has 0 aromatic carbocycles. The predicted molar refractivity (Wildman–Crippen MR) is 53.8 cm³/mol. The van der Waals surface area contributed by atoms with Crippen molar-refractivity contribution in [2.75, 3.05) is 0 Å².